The van der Waals surface area contributed by atoms with Gasteiger partial charge in [-0.3, -0.25) is 4.98 Å². The number of rotatable bonds is 3. The van der Waals surface area contributed by atoms with Gasteiger partial charge in [0, 0.05) is 11.8 Å². The lowest BCUT2D eigenvalue weighted by atomic mass is 10.2. The van der Waals surface area contributed by atoms with Gasteiger partial charge in [-0.15, -0.1) is 5.10 Å². The molecule has 0 atom stereocenters. The van der Waals surface area contributed by atoms with E-state index in [9.17, 15) is 4.79 Å². The lowest BCUT2D eigenvalue weighted by Crippen LogP contribution is -2.14. The first kappa shape index (κ1) is 12.1. The van der Waals surface area contributed by atoms with E-state index in [2.05, 4.69) is 19.8 Å². The molecule has 0 aliphatic heterocycles. The summed E-state index contributed by atoms with van der Waals surface area (Å²) in [5, 5.41) is 3.97. The summed E-state index contributed by atoms with van der Waals surface area (Å²) in [6.45, 7) is 0. The van der Waals surface area contributed by atoms with Gasteiger partial charge in [0.2, 0.25) is 0 Å². The lowest BCUT2D eigenvalue weighted by molar-refractivity contribution is 0.0587. The topological polar surface area (TPSA) is 95.9 Å². The number of thiocarbonyl (C=S) groups is 1. The maximum absolute atomic E-state index is 11.3. The minimum absolute atomic E-state index is 0.0461. The van der Waals surface area contributed by atoms with Crippen LogP contribution in [-0.2, 0) is 4.74 Å². The zero-order chi connectivity index (χ0) is 13.1. The standard InChI is InChI=1S/C10H9N5O2S/c1-17-10(16)9-13-5-15(14-9)7-4-12-3-2-6(7)8(11)18/h2-5H,1H3,(H2,11,18). The molecule has 0 aliphatic rings. The maximum Gasteiger partial charge on any atom is 0.377 e. The second-order valence-electron chi connectivity index (χ2n) is 3.26. The van der Waals surface area contributed by atoms with E-state index in [1.165, 1.54) is 24.3 Å². The van der Waals surface area contributed by atoms with Crippen molar-refractivity contribution in [1.82, 2.24) is 19.7 Å². The molecule has 0 aromatic carbocycles. The smallest absolute Gasteiger partial charge is 0.377 e. The van der Waals surface area contributed by atoms with E-state index < -0.39 is 5.97 Å². The SMILES string of the molecule is COC(=O)c1ncn(-c2cnccc2C(N)=S)n1. The van der Waals surface area contributed by atoms with Gasteiger partial charge in [0.1, 0.15) is 11.3 Å². The highest BCUT2D eigenvalue weighted by molar-refractivity contribution is 7.80. The van der Waals surface area contributed by atoms with Crippen LogP contribution in [0.2, 0.25) is 0 Å². The van der Waals surface area contributed by atoms with Crippen molar-refractivity contribution in [3.63, 3.8) is 0 Å². The summed E-state index contributed by atoms with van der Waals surface area (Å²) >= 11 is 4.93. The lowest BCUT2D eigenvalue weighted by Gasteiger charge is -2.05. The molecule has 92 valence electrons. The molecule has 0 saturated heterocycles. The van der Waals surface area contributed by atoms with Crippen LogP contribution in [0.5, 0.6) is 0 Å². The molecule has 2 rings (SSSR count). The first-order valence-electron chi connectivity index (χ1n) is 4.87. The fraction of sp³-hybridized carbons (Fsp3) is 0.100. The summed E-state index contributed by atoms with van der Waals surface area (Å²) in [5.74, 6) is -0.662. The first-order chi connectivity index (χ1) is 8.63. The number of methoxy groups -OCH3 is 1. The van der Waals surface area contributed by atoms with E-state index in [-0.39, 0.29) is 10.8 Å². The third kappa shape index (κ3) is 2.18. The average molecular weight is 263 g/mol. The fourth-order valence-electron chi connectivity index (χ4n) is 1.34. The second kappa shape index (κ2) is 4.88. The normalized spacial score (nSPS) is 10.1. The molecule has 2 heterocycles. The Morgan fingerprint density at radius 3 is 3.00 bits per heavy atom. The van der Waals surface area contributed by atoms with E-state index in [1.807, 2.05) is 0 Å². The number of ether oxygens (including phenoxy) is 1. The number of nitrogens with two attached hydrogens (primary N) is 1. The minimum Gasteiger partial charge on any atom is -0.463 e. The van der Waals surface area contributed by atoms with E-state index in [1.54, 1.807) is 12.3 Å². The molecule has 7 nitrogen and oxygen atoms in total. The number of hydrogen-bond acceptors (Lipinski definition) is 6. The molecule has 0 aliphatic carbocycles. The Morgan fingerprint density at radius 1 is 1.56 bits per heavy atom. The number of nitrogens with zero attached hydrogens (tertiary/aromatic N) is 4. The predicted molar refractivity (Wildman–Crippen MR) is 66.4 cm³/mol. The van der Waals surface area contributed by atoms with E-state index in [0.29, 0.717) is 11.3 Å². The molecule has 2 aromatic rings. The van der Waals surface area contributed by atoms with Crippen molar-refractivity contribution in [2.24, 2.45) is 5.73 Å². The van der Waals surface area contributed by atoms with Crippen LogP contribution >= 0.6 is 12.2 Å². The van der Waals surface area contributed by atoms with Crippen molar-refractivity contribution < 1.29 is 9.53 Å². The van der Waals surface area contributed by atoms with Crippen LogP contribution in [0, 0.1) is 0 Å². The van der Waals surface area contributed by atoms with Crippen LogP contribution in [0.15, 0.2) is 24.8 Å². The highest BCUT2D eigenvalue weighted by Crippen LogP contribution is 2.11. The molecule has 0 radical (unpaired) electrons. The largest absolute Gasteiger partial charge is 0.463 e. The van der Waals surface area contributed by atoms with Gasteiger partial charge in [0.25, 0.3) is 5.82 Å². The molecule has 0 fully saturated rings. The fourth-order valence-corrected chi connectivity index (χ4v) is 1.51. The van der Waals surface area contributed by atoms with Crippen molar-refractivity contribution in [2.75, 3.05) is 7.11 Å². The number of aromatic nitrogens is 4. The van der Waals surface area contributed by atoms with Crippen LogP contribution in [0.3, 0.4) is 0 Å². The molecule has 0 saturated carbocycles. The summed E-state index contributed by atoms with van der Waals surface area (Å²) < 4.78 is 5.89. The maximum atomic E-state index is 11.3. The molecule has 2 N–H and O–H groups in total. The third-order valence-corrected chi connectivity index (χ3v) is 2.39. The van der Waals surface area contributed by atoms with Gasteiger partial charge in [-0.2, -0.15) is 0 Å². The highest BCUT2D eigenvalue weighted by Gasteiger charge is 2.14. The molecule has 0 amide bonds. The third-order valence-electron chi connectivity index (χ3n) is 2.17. The van der Waals surface area contributed by atoms with Crippen LogP contribution < -0.4 is 5.73 Å². The van der Waals surface area contributed by atoms with Crippen molar-refractivity contribution in [3.05, 3.63) is 36.2 Å². The molecule has 0 unspecified atom stereocenters. The molecular weight excluding hydrogens is 254 g/mol. The van der Waals surface area contributed by atoms with Gasteiger partial charge in [0.05, 0.1) is 19.0 Å². The van der Waals surface area contributed by atoms with Gasteiger partial charge in [-0.05, 0) is 6.07 Å². The van der Waals surface area contributed by atoms with E-state index in [4.69, 9.17) is 18.0 Å². The van der Waals surface area contributed by atoms with Crippen molar-refractivity contribution >= 4 is 23.2 Å². The molecule has 18 heavy (non-hydrogen) atoms. The van der Waals surface area contributed by atoms with Crippen molar-refractivity contribution in [1.29, 1.82) is 0 Å². The molecule has 0 bridgehead atoms. The number of pyridine rings is 1. The Balaban J connectivity index is 2.46. The predicted octanol–water partition coefficient (Wildman–Crippen LogP) is 0.0831. The molecule has 8 heteroatoms. The summed E-state index contributed by atoms with van der Waals surface area (Å²) in [5.41, 5.74) is 6.74. The number of carbonyl (C=O) groups excluding carboxylic acids is 1. The van der Waals surface area contributed by atoms with Crippen LogP contribution in [-0.4, -0.2) is 37.8 Å². The monoisotopic (exact) mass is 263 g/mol. The highest BCUT2D eigenvalue weighted by atomic mass is 32.1. The summed E-state index contributed by atoms with van der Waals surface area (Å²) in [6.07, 6.45) is 4.46. The summed E-state index contributed by atoms with van der Waals surface area (Å²) in [6, 6.07) is 1.66. The Morgan fingerprint density at radius 2 is 2.33 bits per heavy atom. The number of carbonyl (C=O) groups is 1. The van der Waals surface area contributed by atoms with Gasteiger partial charge in [-0.1, -0.05) is 12.2 Å². The van der Waals surface area contributed by atoms with Gasteiger partial charge in [0.15, 0.2) is 0 Å². The van der Waals surface area contributed by atoms with Gasteiger partial charge < -0.3 is 10.5 Å². The summed E-state index contributed by atoms with van der Waals surface area (Å²) in [4.78, 5) is 19.2. The second-order valence-corrected chi connectivity index (χ2v) is 3.70. The first-order valence-corrected chi connectivity index (χ1v) is 5.28. The Hall–Kier alpha value is -2.35. The van der Waals surface area contributed by atoms with Crippen molar-refractivity contribution in [2.45, 2.75) is 0 Å². The molecular formula is C10H9N5O2S. The zero-order valence-electron chi connectivity index (χ0n) is 9.40. The average Bonchev–Trinajstić information content (AvgIpc) is 2.87. The van der Waals surface area contributed by atoms with E-state index >= 15 is 0 Å². The summed E-state index contributed by atoms with van der Waals surface area (Å²) in [7, 11) is 1.26. The van der Waals surface area contributed by atoms with Crippen molar-refractivity contribution in [3.8, 4) is 5.69 Å². The zero-order valence-corrected chi connectivity index (χ0v) is 10.2. The molecule has 0 spiro atoms. The Labute approximate surface area is 108 Å². The Kier molecular flexibility index (Phi) is 3.28. The molecule has 2 aromatic heterocycles. The quantitative estimate of drug-likeness (QED) is 0.619. The van der Waals surface area contributed by atoms with E-state index in [0.717, 1.165) is 0 Å². The Bertz CT molecular complexity index is 610. The van der Waals surface area contributed by atoms with Crippen LogP contribution in [0.1, 0.15) is 16.2 Å². The minimum atomic E-state index is -0.616. The van der Waals surface area contributed by atoms with Crippen LogP contribution in [0.25, 0.3) is 5.69 Å². The van der Waals surface area contributed by atoms with Gasteiger partial charge >= 0.3 is 5.97 Å². The van der Waals surface area contributed by atoms with Crippen LogP contribution in [0.4, 0.5) is 0 Å². The number of esters is 1. The number of hydrogen-bond donors (Lipinski definition) is 1. The van der Waals surface area contributed by atoms with Gasteiger partial charge in [-0.25, -0.2) is 14.5 Å².